The third-order valence-corrected chi connectivity index (χ3v) is 6.52. The van der Waals surface area contributed by atoms with Gasteiger partial charge in [0.1, 0.15) is 22.8 Å². The number of aryl methyl sites for hydroxylation is 1. The Bertz CT molecular complexity index is 1210. The Morgan fingerprint density at radius 3 is 2.69 bits per heavy atom. The van der Waals surface area contributed by atoms with Gasteiger partial charge in [0.25, 0.3) is 0 Å². The summed E-state index contributed by atoms with van der Waals surface area (Å²) in [7, 11) is 1.76. The van der Waals surface area contributed by atoms with Gasteiger partial charge in [0.2, 0.25) is 18.1 Å². The van der Waals surface area contributed by atoms with E-state index in [1.54, 1.807) is 23.5 Å². The number of nitrogens with zero attached hydrogens (tertiary/aromatic N) is 3. The van der Waals surface area contributed by atoms with Crippen molar-refractivity contribution in [2.75, 3.05) is 25.9 Å². The van der Waals surface area contributed by atoms with E-state index in [1.165, 1.54) is 0 Å². The number of hydrogen-bond donors (Lipinski definition) is 1. The Morgan fingerprint density at radius 1 is 1.23 bits per heavy atom. The molecule has 35 heavy (non-hydrogen) atoms. The molecule has 0 spiro atoms. The van der Waals surface area contributed by atoms with Crippen LogP contribution in [0.5, 0.6) is 11.5 Å². The normalized spacial score (nSPS) is 16.1. The number of ether oxygens (including phenoxy) is 1. The van der Waals surface area contributed by atoms with E-state index in [1.807, 2.05) is 59.5 Å². The fourth-order valence-corrected chi connectivity index (χ4v) is 4.69. The second-order valence-corrected chi connectivity index (χ2v) is 9.14. The molecular weight excluding hydrogens is 553 g/mol. The molecule has 3 aromatic rings. The zero-order chi connectivity index (χ0) is 24.6. The molecule has 0 radical (unpaired) electrons. The van der Waals surface area contributed by atoms with Gasteiger partial charge in [0, 0.05) is 38.2 Å². The zero-order valence-corrected chi connectivity index (χ0v) is 21.8. The van der Waals surface area contributed by atoms with Crippen LogP contribution in [0.2, 0.25) is 0 Å². The Hall–Kier alpha value is -3.27. The molecule has 1 atom stereocenters. The molecular formula is C27H29IN5O2+. The lowest BCUT2D eigenvalue weighted by Crippen LogP contribution is -2.27. The molecule has 2 heterocycles. The topological polar surface area (TPSA) is 95.0 Å². The molecule has 1 aliphatic rings. The smallest absolute Gasteiger partial charge is 0.247 e. The number of nitrogens with one attached hydrogen (secondary N) is 1. The monoisotopic (exact) mass is 582 g/mol. The van der Waals surface area contributed by atoms with Crippen LogP contribution in [0.1, 0.15) is 29.7 Å². The SMILES string of the molecule is CN=C(c1ccc(Oc2ccccc2)cc1)c1c(CCC2CCN(C(=O)C=CI)C2)nc[nH+]c1N. The number of halogens is 1. The van der Waals surface area contributed by atoms with Gasteiger partial charge < -0.3 is 15.4 Å². The number of rotatable bonds is 8. The van der Waals surface area contributed by atoms with Gasteiger partial charge in [-0.3, -0.25) is 9.79 Å². The summed E-state index contributed by atoms with van der Waals surface area (Å²) in [6.07, 6.45) is 5.95. The van der Waals surface area contributed by atoms with Gasteiger partial charge in [0.15, 0.2) is 0 Å². The van der Waals surface area contributed by atoms with Crippen LogP contribution in [-0.2, 0) is 11.2 Å². The average molecular weight is 582 g/mol. The fraction of sp³-hybridized carbons (Fsp3) is 0.259. The maximum Gasteiger partial charge on any atom is 0.247 e. The van der Waals surface area contributed by atoms with E-state index in [2.05, 4.69) is 37.6 Å². The fourth-order valence-electron chi connectivity index (χ4n) is 4.38. The number of likely N-dealkylation sites (tertiary alicyclic amines) is 1. The molecule has 8 heteroatoms. The molecule has 180 valence electrons. The third kappa shape index (κ3) is 6.25. The second-order valence-electron chi connectivity index (χ2n) is 8.42. The largest absolute Gasteiger partial charge is 0.457 e. The van der Waals surface area contributed by atoms with E-state index in [-0.39, 0.29) is 5.91 Å². The van der Waals surface area contributed by atoms with E-state index in [9.17, 15) is 4.79 Å². The second kappa shape index (κ2) is 11.9. The summed E-state index contributed by atoms with van der Waals surface area (Å²) in [5, 5.41) is 0. The molecule has 3 N–H and O–H groups in total. The van der Waals surface area contributed by atoms with Crippen LogP contribution in [0.15, 0.2) is 76.1 Å². The van der Waals surface area contributed by atoms with Gasteiger partial charge >= 0.3 is 0 Å². The molecule has 0 aliphatic carbocycles. The molecule has 1 saturated heterocycles. The lowest BCUT2D eigenvalue weighted by atomic mass is 9.95. The first-order valence-corrected chi connectivity index (χ1v) is 12.8. The van der Waals surface area contributed by atoms with Gasteiger partial charge in [0.05, 0.1) is 5.71 Å². The summed E-state index contributed by atoms with van der Waals surface area (Å²) in [5.41, 5.74) is 9.83. The van der Waals surface area contributed by atoms with Crippen molar-refractivity contribution in [3.05, 3.63) is 87.9 Å². The molecule has 1 fully saturated rings. The number of para-hydroxylation sites is 1. The summed E-state index contributed by atoms with van der Waals surface area (Å²) >= 11 is 2.08. The van der Waals surface area contributed by atoms with Crippen molar-refractivity contribution >= 4 is 40.0 Å². The first-order chi connectivity index (χ1) is 17.1. The molecule has 7 nitrogen and oxygen atoms in total. The summed E-state index contributed by atoms with van der Waals surface area (Å²) in [4.78, 5) is 26.3. The molecule has 2 aromatic carbocycles. The third-order valence-electron chi connectivity index (χ3n) is 6.16. The highest BCUT2D eigenvalue weighted by molar-refractivity contribution is 14.1. The van der Waals surface area contributed by atoms with Crippen LogP contribution in [0.3, 0.4) is 0 Å². The number of carbonyl (C=O) groups excluding carboxylic acids is 1. The number of aliphatic imine (C=N–C) groups is 1. The van der Waals surface area contributed by atoms with E-state index in [0.29, 0.717) is 11.7 Å². The van der Waals surface area contributed by atoms with Crippen molar-refractivity contribution in [1.82, 2.24) is 9.88 Å². The minimum atomic E-state index is 0.0827. The Kier molecular flexibility index (Phi) is 8.46. The summed E-state index contributed by atoms with van der Waals surface area (Å²) in [6.45, 7) is 1.58. The first kappa shape index (κ1) is 24.8. The molecule has 1 amide bonds. The van der Waals surface area contributed by atoms with Gasteiger partial charge in [-0.05, 0) is 59.2 Å². The van der Waals surface area contributed by atoms with Gasteiger partial charge in [-0.2, -0.15) is 0 Å². The maximum absolute atomic E-state index is 12.2. The number of amides is 1. The zero-order valence-electron chi connectivity index (χ0n) is 19.7. The number of hydrogen-bond acceptors (Lipinski definition) is 5. The van der Waals surface area contributed by atoms with E-state index in [0.717, 1.165) is 66.4 Å². The number of carbonyl (C=O) groups is 1. The summed E-state index contributed by atoms with van der Waals surface area (Å²) < 4.78 is 7.68. The molecule has 1 aliphatic heterocycles. The standard InChI is InChI=1S/C27H28IN5O2/c1-30-26(20-8-10-22(11-9-20)35-21-5-3-2-4-6-21)25-23(31-18-32-27(25)29)12-7-19-14-16-33(17-19)24(34)13-15-28/h2-6,8-11,13,15,18-19H,7,12,14,16-17H2,1H3,(H2,29,31,32)/p+1. The number of nitrogen functional groups attached to an aromatic ring is 1. The summed E-state index contributed by atoms with van der Waals surface area (Å²) in [5.74, 6) is 2.60. The van der Waals surface area contributed by atoms with Crippen molar-refractivity contribution in [2.24, 2.45) is 10.9 Å². The number of aromatic amines is 1. The predicted octanol–water partition coefficient (Wildman–Crippen LogP) is 4.47. The average Bonchev–Trinajstić information content (AvgIpc) is 3.35. The molecule has 0 saturated carbocycles. The van der Waals surface area contributed by atoms with Gasteiger partial charge in [-0.25, -0.2) is 4.98 Å². The quantitative estimate of drug-likeness (QED) is 0.241. The Balaban J connectivity index is 1.48. The molecule has 1 aromatic heterocycles. The lowest BCUT2D eigenvalue weighted by molar-refractivity contribution is -0.365. The predicted molar refractivity (Wildman–Crippen MR) is 146 cm³/mol. The van der Waals surface area contributed by atoms with Gasteiger partial charge in [-0.15, -0.1) is 4.98 Å². The minimum absolute atomic E-state index is 0.0827. The van der Waals surface area contributed by atoms with Crippen LogP contribution < -0.4 is 15.5 Å². The van der Waals surface area contributed by atoms with Crippen molar-refractivity contribution in [2.45, 2.75) is 19.3 Å². The number of aromatic nitrogens is 2. The molecule has 0 bridgehead atoms. The van der Waals surface area contributed by atoms with Crippen LogP contribution in [-0.4, -0.2) is 41.6 Å². The van der Waals surface area contributed by atoms with Crippen molar-refractivity contribution in [1.29, 1.82) is 0 Å². The highest BCUT2D eigenvalue weighted by atomic mass is 127. The minimum Gasteiger partial charge on any atom is -0.457 e. The number of anilines is 1. The van der Waals surface area contributed by atoms with Crippen molar-refractivity contribution in [3.63, 3.8) is 0 Å². The Morgan fingerprint density at radius 2 is 1.97 bits per heavy atom. The van der Waals surface area contributed by atoms with E-state index in [4.69, 9.17) is 10.5 Å². The molecule has 1 unspecified atom stereocenters. The maximum atomic E-state index is 12.2. The lowest BCUT2D eigenvalue weighted by Gasteiger charge is -2.15. The number of benzene rings is 2. The van der Waals surface area contributed by atoms with Crippen LogP contribution in [0.4, 0.5) is 5.82 Å². The van der Waals surface area contributed by atoms with Crippen molar-refractivity contribution < 1.29 is 14.5 Å². The molecule has 4 rings (SSSR count). The van der Waals surface area contributed by atoms with E-state index < -0.39 is 0 Å². The summed E-state index contributed by atoms with van der Waals surface area (Å²) in [6, 6.07) is 17.5. The number of H-pyrrole nitrogens is 1. The van der Waals surface area contributed by atoms with E-state index >= 15 is 0 Å². The van der Waals surface area contributed by atoms with Crippen LogP contribution in [0.25, 0.3) is 0 Å². The number of nitrogens with two attached hydrogens (primary N) is 1. The van der Waals surface area contributed by atoms with Crippen LogP contribution >= 0.6 is 22.6 Å². The first-order valence-electron chi connectivity index (χ1n) is 11.6. The Labute approximate surface area is 219 Å². The highest BCUT2D eigenvalue weighted by Crippen LogP contribution is 2.26. The van der Waals surface area contributed by atoms with Gasteiger partial charge in [-0.1, -0.05) is 40.8 Å². The van der Waals surface area contributed by atoms with Crippen LogP contribution in [0, 0.1) is 5.92 Å². The highest BCUT2D eigenvalue weighted by Gasteiger charge is 2.27. The van der Waals surface area contributed by atoms with Crippen molar-refractivity contribution in [3.8, 4) is 11.5 Å².